The van der Waals surface area contributed by atoms with E-state index in [0.717, 1.165) is 19.6 Å². The summed E-state index contributed by atoms with van der Waals surface area (Å²) in [5, 5.41) is 2.77. The first-order chi connectivity index (χ1) is 13.3. The average Bonchev–Trinajstić information content (AvgIpc) is 3.51. The van der Waals surface area contributed by atoms with Crippen LogP contribution in [0.25, 0.3) is 0 Å². The molecule has 0 saturated carbocycles. The maximum atomic E-state index is 7.00. The topological polar surface area (TPSA) is 21.8 Å². The third-order valence-electron chi connectivity index (χ3n) is 6.11. The largest absolute Gasteiger partial charge is 0.407 e. The highest BCUT2D eigenvalue weighted by atomic mass is 28.4. The zero-order chi connectivity index (χ0) is 20.2. The van der Waals surface area contributed by atoms with Gasteiger partial charge in [0.25, 0.3) is 8.32 Å². The van der Waals surface area contributed by atoms with E-state index in [0.29, 0.717) is 17.9 Å². The van der Waals surface area contributed by atoms with Gasteiger partial charge in [0.15, 0.2) is 0 Å². The molecule has 0 radical (unpaired) electrons. The lowest BCUT2D eigenvalue weighted by Crippen LogP contribution is -2.66. The molecule has 2 aromatic rings. The molecule has 28 heavy (non-hydrogen) atoms. The quantitative estimate of drug-likeness (QED) is 0.439. The van der Waals surface area contributed by atoms with E-state index in [1.54, 1.807) is 0 Å². The molecular formula is C25H36O2Si. The Morgan fingerprint density at radius 1 is 0.964 bits per heavy atom. The fourth-order valence-electron chi connectivity index (χ4n) is 4.46. The third-order valence-corrected chi connectivity index (χ3v) is 11.2. The summed E-state index contributed by atoms with van der Waals surface area (Å²) in [6.07, 6.45) is 2.82. The van der Waals surface area contributed by atoms with Gasteiger partial charge in [-0.15, -0.1) is 0 Å². The Bertz CT molecular complexity index is 680. The van der Waals surface area contributed by atoms with Crippen LogP contribution < -0.4 is 10.4 Å². The third kappa shape index (κ3) is 4.76. The minimum Gasteiger partial charge on any atom is -0.407 e. The zero-order valence-electron chi connectivity index (χ0n) is 18.2. The molecule has 1 heterocycles. The van der Waals surface area contributed by atoms with E-state index in [9.17, 15) is 0 Å². The van der Waals surface area contributed by atoms with Gasteiger partial charge >= 0.3 is 0 Å². The Kier molecular flexibility index (Phi) is 6.80. The van der Waals surface area contributed by atoms with Crippen LogP contribution in [0.3, 0.4) is 0 Å². The number of ether oxygens (including phenoxy) is 1. The van der Waals surface area contributed by atoms with E-state index < -0.39 is 8.32 Å². The van der Waals surface area contributed by atoms with Gasteiger partial charge in [-0.2, -0.15) is 0 Å². The summed E-state index contributed by atoms with van der Waals surface area (Å²) < 4.78 is 12.5. The second kappa shape index (κ2) is 8.94. The first kappa shape index (κ1) is 21.3. The summed E-state index contributed by atoms with van der Waals surface area (Å²) in [5.41, 5.74) is 0. The molecule has 3 rings (SSSR count). The number of epoxide rings is 1. The smallest absolute Gasteiger partial charge is 0.261 e. The first-order valence-electron chi connectivity index (χ1n) is 10.7. The maximum Gasteiger partial charge on any atom is 0.261 e. The summed E-state index contributed by atoms with van der Waals surface area (Å²) in [5.74, 6) is 1.31. The van der Waals surface area contributed by atoms with Crippen LogP contribution in [0.2, 0.25) is 5.04 Å². The summed E-state index contributed by atoms with van der Waals surface area (Å²) in [7, 11) is -2.39. The van der Waals surface area contributed by atoms with Crippen LogP contribution >= 0.6 is 0 Å². The van der Waals surface area contributed by atoms with Gasteiger partial charge < -0.3 is 9.16 Å². The Labute approximate surface area is 172 Å². The molecule has 152 valence electrons. The van der Waals surface area contributed by atoms with Gasteiger partial charge in [-0.1, -0.05) is 95.3 Å². The number of hydrogen-bond donors (Lipinski definition) is 0. The Hall–Kier alpha value is -1.42. The van der Waals surface area contributed by atoms with Crippen molar-refractivity contribution in [3.63, 3.8) is 0 Å². The monoisotopic (exact) mass is 396 g/mol. The van der Waals surface area contributed by atoms with Crippen molar-refractivity contribution in [2.45, 2.75) is 58.6 Å². The zero-order valence-corrected chi connectivity index (χ0v) is 19.2. The number of rotatable bonds is 9. The number of benzene rings is 2. The molecule has 0 spiro atoms. The molecule has 0 unspecified atom stereocenters. The van der Waals surface area contributed by atoms with Crippen molar-refractivity contribution in [1.29, 1.82) is 0 Å². The van der Waals surface area contributed by atoms with Crippen molar-refractivity contribution >= 4 is 18.7 Å². The van der Waals surface area contributed by atoms with Gasteiger partial charge in [0.2, 0.25) is 0 Å². The van der Waals surface area contributed by atoms with Gasteiger partial charge in [-0.25, -0.2) is 0 Å². The highest BCUT2D eigenvalue weighted by Crippen LogP contribution is 2.37. The molecule has 1 saturated heterocycles. The van der Waals surface area contributed by atoms with E-state index in [1.807, 2.05) is 0 Å². The molecule has 3 heteroatoms. The lowest BCUT2D eigenvalue weighted by molar-refractivity contribution is 0.241. The molecule has 2 nitrogen and oxygen atoms in total. The van der Waals surface area contributed by atoms with E-state index in [1.165, 1.54) is 16.8 Å². The maximum absolute atomic E-state index is 7.00. The Balaban J connectivity index is 1.82. The van der Waals surface area contributed by atoms with Crippen molar-refractivity contribution in [1.82, 2.24) is 0 Å². The second-order valence-corrected chi connectivity index (χ2v) is 13.8. The molecule has 0 N–H and O–H groups in total. The van der Waals surface area contributed by atoms with Crippen molar-refractivity contribution in [2.75, 3.05) is 13.2 Å². The highest BCUT2D eigenvalue weighted by Gasteiger charge is 2.50. The van der Waals surface area contributed by atoms with Crippen molar-refractivity contribution < 1.29 is 9.16 Å². The van der Waals surface area contributed by atoms with Gasteiger partial charge in [-0.3, -0.25) is 0 Å². The van der Waals surface area contributed by atoms with E-state index >= 15 is 0 Å². The standard InChI is InChI=1S/C25H36O2Si/c1-20(18-21(2)24-19-26-24)16-17-27-28(25(3,4)5,22-12-8-6-9-13-22)23-14-10-7-11-15-23/h6-15,20-21,24H,16-19H2,1-5H3/t20-,21-,24-/m1/s1. The van der Waals surface area contributed by atoms with Gasteiger partial charge in [0, 0.05) is 6.61 Å². The number of hydrogen-bond acceptors (Lipinski definition) is 2. The average molecular weight is 397 g/mol. The van der Waals surface area contributed by atoms with Crippen LogP contribution in [-0.2, 0) is 9.16 Å². The van der Waals surface area contributed by atoms with Crippen LogP contribution in [0.4, 0.5) is 0 Å². The minimum atomic E-state index is -2.39. The first-order valence-corrected chi connectivity index (χ1v) is 12.6. The highest BCUT2D eigenvalue weighted by molar-refractivity contribution is 6.99. The second-order valence-electron chi connectivity index (χ2n) is 9.49. The molecule has 1 aliphatic rings. The summed E-state index contributed by atoms with van der Waals surface area (Å²) in [6, 6.07) is 21.8. The fourth-order valence-corrected chi connectivity index (χ4v) is 9.04. The lowest BCUT2D eigenvalue weighted by Gasteiger charge is -2.43. The predicted molar refractivity (Wildman–Crippen MR) is 121 cm³/mol. The van der Waals surface area contributed by atoms with E-state index in [2.05, 4.69) is 95.3 Å². The summed E-state index contributed by atoms with van der Waals surface area (Å²) in [6.45, 7) is 13.5. The van der Waals surface area contributed by atoms with Crippen LogP contribution in [0, 0.1) is 11.8 Å². The minimum absolute atomic E-state index is 0.0497. The molecule has 2 aromatic carbocycles. The van der Waals surface area contributed by atoms with Crippen LogP contribution in [0.1, 0.15) is 47.5 Å². The Morgan fingerprint density at radius 3 is 1.89 bits per heavy atom. The van der Waals surface area contributed by atoms with Crippen molar-refractivity contribution in [3.05, 3.63) is 60.7 Å². The molecule has 0 aliphatic carbocycles. The molecule has 1 fully saturated rings. The SMILES string of the molecule is C[C@H](CCO[Si](c1ccccc1)(c1ccccc1)C(C)(C)C)C[C@@H](C)[C@H]1CO1. The Morgan fingerprint density at radius 2 is 1.46 bits per heavy atom. The molecule has 0 aromatic heterocycles. The summed E-state index contributed by atoms with van der Waals surface area (Å²) >= 11 is 0. The fraction of sp³-hybridized carbons (Fsp3) is 0.520. The van der Waals surface area contributed by atoms with Gasteiger partial charge in [-0.05, 0) is 40.1 Å². The van der Waals surface area contributed by atoms with Crippen molar-refractivity contribution in [3.8, 4) is 0 Å². The predicted octanol–water partition coefficient (Wildman–Crippen LogP) is 5.01. The molecule has 0 bridgehead atoms. The molecular weight excluding hydrogens is 360 g/mol. The van der Waals surface area contributed by atoms with E-state index in [-0.39, 0.29) is 5.04 Å². The van der Waals surface area contributed by atoms with E-state index in [4.69, 9.17) is 9.16 Å². The van der Waals surface area contributed by atoms with Crippen molar-refractivity contribution in [2.24, 2.45) is 11.8 Å². The van der Waals surface area contributed by atoms with Gasteiger partial charge in [0.1, 0.15) is 0 Å². The lowest BCUT2D eigenvalue weighted by atomic mass is 9.93. The normalized spacial score (nSPS) is 19.2. The van der Waals surface area contributed by atoms with Crippen LogP contribution in [0.15, 0.2) is 60.7 Å². The van der Waals surface area contributed by atoms with Crippen LogP contribution in [0.5, 0.6) is 0 Å². The van der Waals surface area contributed by atoms with Crippen LogP contribution in [-0.4, -0.2) is 27.6 Å². The molecule has 3 atom stereocenters. The molecule has 1 aliphatic heterocycles. The molecule has 0 amide bonds. The van der Waals surface area contributed by atoms with Gasteiger partial charge in [0.05, 0.1) is 12.7 Å². The summed E-state index contributed by atoms with van der Waals surface area (Å²) in [4.78, 5) is 0.